The predicted molar refractivity (Wildman–Crippen MR) is 65.8 cm³/mol. The third-order valence-electron chi connectivity index (χ3n) is 3.16. The molecule has 0 saturated carbocycles. The van der Waals surface area contributed by atoms with Crippen LogP contribution in [0.4, 0.5) is 0 Å². The summed E-state index contributed by atoms with van der Waals surface area (Å²) < 4.78 is 0. The van der Waals surface area contributed by atoms with Crippen LogP contribution in [0.25, 0.3) is 0 Å². The molecule has 0 N–H and O–H groups in total. The standard InChI is InChI=1S/C13H24N2/c1-6-7-13-10-14(11(2)3)8-9-15(13)12(4)5/h11-13H,8-10H2,1-5H3. The lowest BCUT2D eigenvalue weighted by Crippen LogP contribution is -2.56. The van der Waals surface area contributed by atoms with E-state index in [-0.39, 0.29) is 0 Å². The highest BCUT2D eigenvalue weighted by atomic mass is 15.3. The van der Waals surface area contributed by atoms with Gasteiger partial charge in [-0.25, -0.2) is 0 Å². The maximum absolute atomic E-state index is 3.34. The van der Waals surface area contributed by atoms with Crippen LogP contribution >= 0.6 is 0 Å². The van der Waals surface area contributed by atoms with E-state index in [4.69, 9.17) is 0 Å². The number of hydrogen-bond acceptors (Lipinski definition) is 2. The molecule has 1 unspecified atom stereocenters. The van der Waals surface area contributed by atoms with Gasteiger partial charge in [-0.1, -0.05) is 5.92 Å². The second-order valence-electron chi connectivity index (χ2n) is 4.83. The first-order valence-electron chi connectivity index (χ1n) is 5.98. The molecule has 2 heteroatoms. The van der Waals surface area contributed by atoms with Gasteiger partial charge in [0.1, 0.15) is 0 Å². The molecule has 0 bridgehead atoms. The van der Waals surface area contributed by atoms with Crippen LogP contribution in [0.1, 0.15) is 34.6 Å². The van der Waals surface area contributed by atoms with Crippen LogP contribution in [0.15, 0.2) is 0 Å². The summed E-state index contributed by atoms with van der Waals surface area (Å²) in [5, 5.41) is 0. The summed E-state index contributed by atoms with van der Waals surface area (Å²) >= 11 is 0. The third-order valence-corrected chi connectivity index (χ3v) is 3.16. The number of hydrogen-bond donors (Lipinski definition) is 0. The Balaban J connectivity index is 2.68. The van der Waals surface area contributed by atoms with Crippen molar-refractivity contribution in [3.8, 4) is 11.8 Å². The molecule has 0 aromatic heterocycles. The van der Waals surface area contributed by atoms with E-state index in [1.807, 2.05) is 6.92 Å². The van der Waals surface area contributed by atoms with E-state index in [1.165, 1.54) is 6.54 Å². The summed E-state index contributed by atoms with van der Waals surface area (Å²) in [5.74, 6) is 6.40. The Morgan fingerprint density at radius 2 is 1.73 bits per heavy atom. The molecule has 1 fully saturated rings. The van der Waals surface area contributed by atoms with Crippen molar-refractivity contribution in [3.63, 3.8) is 0 Å². The zero-order valence-corrected chi connectivity index (χ0v) is 10.7. The van der Waals surface area contributed by atoms with Gasteiger partial charge in [0.05, 0.1) is 6.04 Å². The minimum Gasteiger partial charge on any atom is -0.297 e. The molecule has 15 heavy (non-hydrogen) atoms. The van der Waals surface area contributed by atoms with Crippen LogP contribution in [-0.4, -0.2) is 47.6 Å². The van der Waals surface area contributed by atoms with Crippen molar-refractivity contribution in [2.24, 2.45) is 0 Å². The van der Waals surface area contributed by atoms with Crippen LogP contribution in [-0.2, 0) is 0 Å². The van der Waals surface area contributed by atoms with Crippen molar-refractivity contribution in [3.05, 3.63) is 0 Å². The molecule has 1 saturated heterocycles. The average molecular weight is 208 g/mol. The second-order valence-corrected chi connectivity index (χ2v) is 4.83. The van der Waals surface area contributed by atoms with E-state index in [1.54, 1.807) is 0 Å². The highest BCUT2D eigenvalue weighted by molar-refractivity contribution is 5.09. The highest BCUT2D eigenvalue weighted by Crippen LogP contribution is 2.14. The summed E-state index contributed by atoms with van der Waals surface area (Å²) in [7, 11) is 0. The molecule has 0 aromatic carbocycles. The van der Waals surface area contributed by atoms with Crippen molar-refractivity contribution < 1.29 is 0 Å². The SMILES string of the molecule is CC#CC1CN(C(C)C)CCN1C(C)C. The van der Waals surface area contributed by atoms with Gasteiger partial charge >= 0.3 is 0 Å². The van der Waals surface area contributed by atoms with Crippen LogP contribution in [0.5, 0.6) is 0 Å². The molecule has 0 radical (unpaired) electrons. The number of piperazine rings is 1. The summed E-state index contributed by atoms with van der Waals surface area (Å²) in [6.07, 6.45) is 0. The molecule has 86 valence electrons. The number of rotatable bonds is 2. The van der Waals surface area contributed by atoms with Gasteiger partial charge in [0.25, 0.3) is 0 Å². The fraction of sp³-hybridized carbons (Fsp3) is 0.846. The molecule has 1 aliphatic heterocycles. The van der Waals surface area contributed by atoms with E-state index >= 15 is 0 Å². The maximum atomic E-state index is 3.34. The van der Waals surface area contributed by atoms with Crippen LogP contribution in [0.3, 0.4) is 0 Å². The van der Waals surface area contributed by atoms with Gasteiger partial charge in [0, 0.05) is 31.7 Å². The van der Waals surface area contributed by atoms with Gasteiger partial charge in [0.2, 0.25) is 0 Å². The van der Waals surface area contributed by atoms with Crippen LogP contribution in [0, 0.1) is 11.8 Å². The van der Waals surface area contributed by atoms with Crippen LogP contribution in [0.2, 0.25) is 0 Å². The quantitative estimate of drug-likeness (QED) is 0.639. The lowest BCUT2D eigenvalue weighted by Gasteiger charge is -2.42. The normalized spacial score (nSPS) is 24.3. The Bertz CT molecular complexity index is 247. The number of nitrogens with zero attached hydrogens (tertiary/aromatic N) is 2. The monoisotopic (exact) mass is 208 g/mol. The van der Waals surface area contributed by atoms with E-state index in [0.717, 1.165) is 13.1 Å². The smallest absolute Gasteiger partial charge is 0.0846 e. The van der Waals surface area contributed by atoms with Gasteiger partial charge in [0.15, 0.2) is 0 Å². The first-order valence-corrected chi connectivity index (χ1v) is 5.98. The lowest BCUT2D eigenvalue weighted by molar-refractivity contribution is 0.0608. The Morgan fingerprint density at radius 1 is 1.07 bits per heavy atom. The zero-order chi connectivity index (χ0) is 11.4. The van der Waals surface area contributed by atoms with E-state index < -0.39 is 0 Å². The van der Waals surface area contributed by atoms with Gasteiger partial charge in [-0.3, -0.25) is 9.80 Å². The molecule has 1 rings (SSSR count). The fourth-order valence-electron chi connectivity index (χ4n) is 2.20. The average Bonchev–Trinajstić information content (AvgIpc) is 2.17. The van der Waals surface area contributed by atoms with Crippen molar-refractivity contribution >= 4 is 0 Å². The molecule has 0 aromatic rings. The molecule has 1 heterocycles. The zero-order valence-electron chi connectivity index (χ0n) is 10.7. The Kier molecular flexibility index (Phi) is 4.63. The van der Waals surface area contributed by atoms with E-state index in [0.29, 0.717) is 18.1 Å². The molecule has 2 nitrogen and oxygen atoms in total. The minimum atomic E-state index is 0.422. The molecular weight excluding hydrogens is 184 g/mol. The Hall–Kier alpha value is -0.520. The topological polar surface area (TPSA) is 6.48 Å². The first-order chi connectivity index (χ1) is 7.06. The molecule has 0 aliphatic carbocycles. The fourth-order valence-corrected chi connectivity index (χ4v) is 2.20. The first kappa shape index (κ1) is 12.5. The van der Waals surface area contributed by atoms with Crippen LogP contribution < -0.4 is 0 Å². The van der Waals surface area contributed by atoms with E-state index in [2.05, 4.69) is 49.3 Å². The highest BCUT2D eigenvalue weighted by Gasteiger charge is 2.28. The third kappa shape index (κ3) is 3.22. The van der Waals surface area contributed by atoms with E-state index in [9.17, 15) is 0 Å². The second kappa shape index (κ2) is 5.53. The maximum Gasteiger partial charge on any atom is 0.0846 e. The minimum absolute atomic E-state index is 0.422. The molecule has 1 atom stereocenters. The van der Waals surface area contributed by atoms with Gasteiger partial charge in [-0.2, -0.15) is 0 Å². The Labute approximate surface area is 94.6 Å². The van der Waals surface area contributed by atoms with Gasteiger partial charge in [-0.15, -0.1) is 5.92 Å². The molecule has 1 aliphatic rings. The lowest BCUT2D eigenvalue weighted by atomic mass is 10.1. The summed E-state index contributed by atoms with van der Waals surface area (Å²) in [6, 6.07) is 1.66. The van der Waals surface area contributed by atoms with Crippen molar-refractivity contribution in [2.75, 3.05) is 19.6 Å². The van der Waals surface area contributed by atoms with Crippen molar-refractivity contribution in [2.45, 2.75) is 52.7 Å². The summed E-state index contributed by atoms with van der Waals surface area (Å²) in [6.45, 7) is 14.4. The van der Waals surface area contributed by atoms with Gasteiger partial charge < -0.3 is 0 Å². The molecule has 0 amide bonds. The summed E-state index contributed by atoms with van der Waals surface area (Å²) in [5.41, 5.74) is 0. The predicted octanol–water partition coefficient (Wildman–Crippen LogP) is 1.81. The largest absolute Gasteiger partial charge is 0.297 e. The van der Waals surface area contributed by atoms with Crippen molar-refractivity contribution in [1.82, 2.24) is 9.80 Å². The van der Waals surface area contributed by atoms with Gasteiger partial charge in [-0.05, 0) is 34.6 Å². The Morgan fingerprint density at radius 3 is 2.20 bits per heavy atom. The molecular formula is C13H24N2. The molecule has 0 spiro atoms. The summed E-state index contributed by atoms with van der Waals surface area (Å²) in [4.78, 5) is 5.03. The van der Waals surface area contributed by atoms with Crippen molar-refractivity contribution in [1.29, 1.82) is 0 Å².